The number of nitrogens with zero attached hydrogens (tertiary/aromatic N) is 1. The summed E-state index contributed by atoms with van der Waals surface area (Å²) in [4.78, 5) is 25.8. The van der Waals surface area contributed by atoms with Crippen LogP contribution in [0.2, 0.25) is 0 Å². The van der Waals surface area contributed by atoms with Gasteiger partial charge in [0.2, 0.25) is 0 Å². The fourth-order valence-electron chi connectivity index (χ4n) is 2.89. The van der Waals surface area contributed by atoms with Gasteiger partial charge in [0.1, 0.15) is 0 Å². The molecule has 23 heavy (non-hydrogen) atoms. The number of amides is 2. The van der Waals surface area contributed by atoms with Gasteiger partial charge in [-0.05, 0) is 26.3 Å². The summed E-state index contributed by atoms with van der Waals surface area (Å²) in [5, 5.41) is 2.64. The molecule has 0 radical (unpaired) electrons. The summed E-state index contributed by atoms with van der Waals surface area (Å²) in [6, 6.07) is 9.47. The minimum Gasteiger partial charge on any atom is -0.437 e. The predicted octanol–water partition coefficient (Wildman–Crippen LogP) is 1.86. The van der Waals surface area contributed by atoms with Crippen molar-refractivity contribution < 1.29 is 19.1 Å². The highest BCUT2D eigenvalue weighted by molar-refractivity contribution is 5.84. The topological polar surface area (TPSA) is 67.9 Å². The van der Waals surface area contributed by atoms with E-state index in [-0.39, 0.29) is 5.91 Å². The standard InChI is InChI=1S/C17H22N2O4/c1-16(2,3)22-13(12-7-5-4-6-8-12)14(20)19-10-17(11-19)9-18-15(21)23-17/h4-8,13H,9-11H2,1-3H3,(H,18,21)/t13-/m1/s1. The number of rotatable bonds is 3. The fraction of sp³-hybridized carbons (Fsp3) is 0.529. The lowest BCUT2D eigenvalue weighted by Crippen LogP contribution is -2.66. The second-order valence-electron chi connectivity index (χ2n) is 7.14. The van der Waals surface area contributed by atoms with E-state index in [1.54, 1.807) is 4.90 Å². The third-order valence-corrected chi connectivity index (χ3v) is 3.93. The Labute approximate surface area is 135 Å². The summed E-state index contributed by atoms with van der Waals surface area (Å²) >= 11 is 0. The van der Waals surface area contributed by atoms with Crippen molar-refractivity contribution in [2.75, 3.05) is 19.6 Å². The summed E-state index contributed by atoms with van der Waals surface area (Å²) in [5.41, 5.74) is -0.176. The van der Waals surface area contributed by atoms with Crippen molar-refractivity contribution in [2.24, 2.45) is 0 Å². The minimum atomic E-state index is -0.654. The van der Waals surface area contributed by atoms with Crippen LogP contribution in [-0.2, 0) is 14.3 Å². The first-order valence-electron chi connectivity index (χ1n) is 7.76. The Morgan fingerprint density at radius 3 is 2.48 bits per heavy atom. The molecule has 6 heteroatoms. The SMILES string of the molecule is CC(C)(C)O[C@@H](C(=O)N1CC2(CNC(=O)O2)C1)c1ccccc1. The lowest BCUT2D eigenvalue weighted by atomic mass is 9.93. The maximum atomic E-state index is 12.9. The van der Waals surface area contributed by atoms with Gasteiger partial charge in [0.25, 0.3) is 5.91 Å². The normalized spacial score (nSPS) is 20.7. The molecule has 1 aromatic carbocycles. The first-order valence-corrected chi connectivity index (χ1v) is 7.76. The highest BCUT2D eigenvalue weighted by Gasteiger charge is 2.53. The van der Waals surface area contributed by atoms with E-state index in [1.165, 1.54) is 0 Å². The molecule has 2 aliphatic rings. The summed E-state index contributed by atoms with van der Waals surface area (Å²) < 4.78 is 11.3. The van der Waals surface area contributed by atoms with Gasteiger partial charge in [-0.1, -0.05) is 30.3 Å². The number of alkyl carbamates (subject to hydrolysis) is 1. The number of likely N-dealkylation sites (tertiary alicyclic amines) is 1. The van der Waals surface area contributed by atoms with Crippen molar-refractivity contribution in [1.29, 1.82) is 0 Å². The number of hydrogen-bond donors (Lipinski definition) is 1. The molecule has 124 valence electrons. The van der Waals surface area contributed by atoms with Crippen LogP contribution in [0.1, 0.15) is 32.4 Å². The van der Waals surface area contributed by atoms with Gasteiger partial charge in [0, 0.05) is 0 Å². The van der Waals surface area contributed by atoms with E-state index >= 15 is 0 Å². The van der Waals surface area contributed by atoms with Crippen LogP contribution in [0.5, 0.6) is 0 Å². The van der Waals surface area contributed by atoms with E-state index in [0.29, 0.717) is 19.6 Å². The summed E-state index contributed by atoms with van der Waals surface area (Å²) in [6.45, 7) is 7.04. The molecule has 0 saturated carbocycles. The van der Waals surface area contributed by atoms with E-state index in [9.17, 15) is 9.59 Å². The molecular weight excluding hydrogens is 296 g/mol. The van der Waals surface area contributed by atoms with Crippen LogP contribution in [0.15, 0.2) is 30.3 Å². The van der Waals surface area contributed by atoms with Gasteiger partial charge in [-0.15, -0.1) is 0 Å². The molecule has 0 bridgehead atoms. The van der Waals surface area contributed by atoms with Crippen LogP contribution < -0.4 is 5.32 Å². The Kier molecular flexibility index (Phi) is 3.80. The maximum Gasteiger partial charge on any atom is 0.408 e. The zero-order valence-electron chi connectivity index (χ0n) is 13.7. The van der Waals surface area contributed by atoms with Gasteiger partial charge in [-0.3, -0.25) is 4.79 Å². The predicted molar refractivity (Wildman–Crippen MR) is 83.8 cm³/mol. The molecule has 3 rings (SSSR count). The third-order valence-electron chi connectivity index (χ3n) is 3.93. The Hall–Kier alpha value is -2.08. The average Bonchev–Trinajstić information content (AvgIpc) is 2.85. The van der Waals surface area contributed by atoms with E-state index in [1.807, 2.05) is 51.1 Å². The number of hydrogen-bond acceptors (Lipinski definition) is 4. The van der Waals surface area contributed by atoms with Crippen molar-refractivity contribution in [1.82, 2.24) is 10.2 Å². The Morgan fingerprint density at radius 1 is 1.30 bits per heavy atom. The maximum absolute atomic E-state index is 12.9. The Balaban J connectivity index is 1.73. The molecule has 1 N–H and O–H groups in total. The molecule has 0 aromatic heterocycles. The van der Waals surface area contributed by atoms with Crippen LogP contribution in [0, 0.1) is 0 Å². The molecular formula is C17H22N2O4. The van der Waals surface area contributed by atoms with Gasteiger partial charge in [0.05, 0.1) is 25.2 Å². The molecule has 6 nitrogen and oxygen atoms in total. The van der Waals surface area contributed by atoms with Crippen LogP contribution in [-0.4, -0.2) is 47.7 Å². The number of ether oxygens (including phenoxy) is 2. The van der Waals surface area contributed by atoms with E-state index in [4.69, 9.17) is 9.47 Å². The first kappa shape index (κ1) is 15.8. The third kappa shape index (κ3) is 3.32. The number of nitrogens with one attached hydrogen (secondary N) is 1. The summed E-state index contributed by atoms with van der Waals surface area (Å²) in [6.07, 6.45) is -1.07. The van der Waals surface area contributed by atoms with E-state index < -0.39 is 23.4 Å². The lowest BCUT2D eigenvalue weighted by Gasteiger charge is -2.46. The van der Waals surface area contributed by atoms with Gasteiger partial charge < -0.3 is 19.7 Å². The first-order chi connectivity index (χ1) is 10.8. The second kappa shape index (κ2) is 5.53. The number of benzene rings is 1. The highest BCUT2D eigenvalue weighted by Crippen LogP contribution is 2.33. The van der Waals surface area contributed by atoms with Crippen LogP contribution in [0.4, 0.5) is 4.79 Å². The van der Waals surface area contributed by atoms with Crippen molar-refractivity contribution in [3.63, 3.8) is 0 Å². The Morgan fingerprint density at radius 2 is 1.96 bits per heavy atom. The van der Waals surface area contributed by atoms with Crippen LogP contribution >= 0.6 is 0 Å². The lowest BCUT2D eigenvalue weighted by molar-refractivity contribution is -0.170. The minimum absolute atomic E-state index is 0.0975. The van der Waals surface area contributed by atoms with E-state index in [2.05, 4.69) is 5.32 Å². The zero-order valence-corrected chi connectivity index (χ0v) is 13.7. The van der Waals surface area contributed by atoms with Gasteiger partial charge >= 0.3 is 6.09 Å². The largest absolute Gasteiger partial charge is 0.437 e. The van der Waals surface area contributed by atoms with Crippen molar-refractivity contribution >= 4 is 12.0 Å². The molecule has 1 atom stereocenters. The highest BCUT2D eigenvalue weighted by atomic mass is 16.6. The number of carbonyl (C=O) groups is 2. The molecule has 0 unspecified atom stereocenters. The Bertz CT molecular complexity index is 603. The molecule has 0 aliphatic carbocycles. The fourth-order valence-corrected chi connectivity index (χ4v) is 2.89. The molecule has 2 amide bonds. The van der Waals surface area contributed by atoms with Crippen LogP contribution in [0.3, 0.4) is 0 Å². The quantitative estimate of drug-likeness (QED) is 0.924. The van der Waals surface area contributed by atoms with Crippen molar-refractivity contribution in [3.05, 3.63) is 35.9 Å². The molecule has 1 spiro atoms. The molecule has 2 heterocycles. The smallest absolute Gasteiger partial charge is 0.408 e. The average molecular weight is 318 g/mol. The van der Waals surface area contributed by atoms with Crippen molar-refractivity contribution in [3.8, 4) is 0 Å². The summed E-state index contributed by atoms with van der Waals surface area (Å²) in [5.74, 6) is -0.0975. The molecule has 1 aromatic rings. The molecule has 2 fully saturated rings. The zero-order chi connectivity index (χ0) is 16.7. The van der Waals surface area contributed by atoms with Crippen LogP contribution in [0.25, 0.3) is 0 Å². The number of carbonyl (C=O) groups excluding carboxylic acids is 2. The van der Waals surface area contributed by atoms with Gasteiger partial charge in [-0.25, -0.2) is 4.79 Å². The van der Waals surface area contributed by atoms with E-state index in [0.717, 1.165) is 5.56 Å². The molecule has 2 aliphatic heterocycles. The summed E-state index contributed by atoms with van der Waals surface area (Å²) in [7, 11) is 0. The van der Waals surface area contributed by atoms with Gasteiger partial charge in [0.15, 0.2) is 11.7 Å². The van der Waals surface area contributed by atoms with Crippen molar-refractivity contribution in [2.45, 2.75) is 38.1 Å². The molecule has 2 saturated heterocycles. The second-order valence-corrected chi connectivity index (χ2v) is 7.14. The van der Waals surface area contributed by atoms with Gasteiger partial charge in [-0.2, -0.15) is 0 Å². The monoisotopic (exact) mass is 318 g/mol.